The largest absolute Gasteiger partial charge is 0.493 e. The van der Waals surface area contributed by atoms with Crippen molar-refractivity contribution in [3.05, 3.63) is 83.4 Å². The molecule has 0 radical (unpaired) electrons. The molecule has 0 fully saturated rings. The molecule has 0 aliphatic rings. The van der Waals surface area contributed by atoms with Crippen LogP contribution in [-0.4, -0.2) is 51.9 Å². The van der Waals surface area contributed by atoms with Gasteiger partial charge in [-0.05, 0) is 54.1 Å². The molecule has 0 saturated carbocycles. The van der Waals surface area contributed by atoms with Crippen LogP contribution in [0.1, 0.15) is 26.3 Å². The second-order valence-corrected chi connectivity index (χ2v) is 7.21. The lowest BCUT2D eigenvalue weighted by Gasteiger charge is -2.13. The number of benzene rings is 3. The fourth-order valence-corrected chi connectivity index (χ4v) is 3.06. The maximum absolute atomic E-state index is 12.6. The Morgan fingerprint density at radius 1 is 0.833 bits per heavy atom. The molecule has 0 spiro atoms. The number of esters is 1. The van der Waals surface area contributed by atoms with Gasteiger partial charge in [-0.15, -0.1) is 0 Å². The first-order chi connectivity index (χ1) is 17.4. The number of hydrogen-bond donors (Lipinski definition) is 2. The summed E-state index contributed by atoms with van der Waals surface area (Å²) in [5.74, 6) is -0.114. The standard InChI is InChI=1S/C26H25N3O7/c1-33-21-13-19(14-22(34-2)24(21)35-3)26(32)36-20-11-9-17(10-12-20)15-28-29-23(30)16-27-25(31)18-7-5-4-6-8-18/h4-15H,16H2,1-3H3,(H,27,31)(H,29,30). The summed E-state index contributed by atoms with van der Waals surface area (Å²) in [6, 6.07) is 18.0. The molecule has 2 N–H and O–H groups in total. The monoisotopic (exact) mass is 491 g/mol. The summed E-state index contributed by atoms with van der Waals surface area (Å²) in [5.41, 5.74) is 3.66. The molecule has 10 heteroatoms. The molecule has 0 aromatic heterocycles. The van der Waals surface area contributed by atoms with Crippen molar-refractivity contribution in [2.75, 3.05) is 27.9 Å². The van der Waals surface area contributed by atoms with Gasteiger partial charge in [0, 0.05) is 5.56 Å². The average molecular weight is 492 g/mol. The van der Waals surface area contributed by atoms with Gasteiger partial charge in [0.25, 0.3) is 11.8 Å². The molecule has 0 bridgehead atoms. The Morgan fingerprint density at radius 3 is 2.06 bits per heavy atom. The van der Waals surface area contributed by atoms with E-state index in [0.29, 0.717) is 34.1 Å². The lowest BCUT2D eigenvalue weighted by molar-refractivity contribution is -0.120. The number of nitrogens with zero attached hydrogens (tertiary/aromatic N) is 1. The minimum Gasteiger partial charge on any atom is -0.493 e. The first kappa shape index (κ1) is 25.8. The molecular formula is C26H25N3O7. The van der Waals surface area contributed by atoms with E-state index >= 15 is 0 Å². The minimum atomic E-state index is -0.611. The van der Waals surface area contributed by atoms with Crippen LogP contribution in [0.5, 0.6) is 23.0 Å². The van der Waals surface area contributed by atoms with Crippen LogP contribution in [-0.2, 0) is 4.79 Å². The van der Waals surface area contributed by atoms with E-state index in [4.69, 9.17) is 18.9 Å². The molecule has 186 valence electrons. The van der Waals surface area contributed by atoms with Crippen LogP contribution >= 0.6 is 0 Å². The molecule has 0 atom stereocenters. The van der Waals surface area contributed by atoms with Crippen LogP contribution in [0.25, 0.3) is 0 Å². The molecule has 0 unspecified atom stereocenters. The second kappa shape index (κ2) is 12.6. The van der Waals surface area contributed by atoms with Crippen molar-refractivity contribution < 1.29 is 33.3 Å². The van der Waals surface area contributed by atoms with Gasteiger partial charge >= 0.3 is 5.97 Å². The van der Waals surface area contributed by atoms with Gasteiger partial charge in [-0.3, -0.25) is 9.59 Å². The summed E-state index contributed by atoms with van der Waals surface area (Å²) < 4.78 is 21.2. The zero-order valence-electron chi connectivity index (χ0n) is 19.9. The molecule has 0 saturated heterocycles. The highest BCUT2D eigenvalue weighted by atomic mass is 16.5. The molecule has 2 amide bonds. The topological polar surface area (TPSA) is 125 Å². The smallest absolute Gasteiger partial charge is 0.343 e. The summed E-state index contributed by atoms with van der Waals surface area (Å²) in [4.78, 5) is 36.4. The van der Waals surface area contributed by atoms with Crippen molar-refractivity contribution in [3.8, 4) is 23.0 Å². The number of methoxy groups -OCH3 is 3. The van der Waals surface area contributed by atoms with Gasteiger partial charge < -0.3 is 24.3 Å². The van der Waals surface area contributed by atoms with Crippen molar-refractivity contribution in [3.63, 3.8) is 0 Å². The van der Waals surface area contributed by atoms with E-state index in [1.807, 2.05) is 0 Å². The highest BCUT2D eigenvalue weighted by Crippen LogP contribution is 2.38. The number of ether oxygens (including phenoxy) is 4. The van der Waals surface area contributed by atoms with E-state index in [9.17, 15) is 14.4 Å². The quantitative estimate of drug-likeness (QED) is 0.193. The molecule has 3 rings (SSSR count). The summed E-state index contributed by atoms with van der Waals surface area (Å²) >= 11 is 0. The SMILES string of the molecule is COc1cc(C(=O)Oc2ccc(C=NNC(=O)CNC(=O)c3ccccc3)cc2)cc(OC)c1OC. The van der Waals surface area contributed by atoms with Gasteiger partial charge in [-0.1, -0.05) is 18.2 Å². The Kier molecular flexibility index (Phi) is 8.99. The Balaban J connectivity index is 1.52. The fraction of sp³-hybridized carbons (Fsp3) is 0.154. The van der Waals surface area contributed by atoms with Gasteiger partial charge in [0.2, 0.25) is 5.75 Å². The first-order valence-electron chi connectivity index (χ1n) is 10.7. The van der Waals surface area contributed by atoms with Crippen LogP contribution in [0.15, 0.2) is 71.8 Å². The highest BCUT2D eigenvalue weighted by molar-refractivity contribution is 5.96. The number of nitrogens with one attached hydrogen (secondary N) is 2. The number of rotatable bonds is 10. The zero-order chi connectivity index (χ0) is 25.9. The number of hydrogen-bond acceptors (Lipinski definition) is 8. The molecule has 0 aliphatic carbocycles. The van der Waals surface area contributed by atoms with Crippen molar-refractivity contribution in [2.45, 2.75) is 0 Å². The van der Waals surface area contributed by atoms with Crippen molar-refractivity contribution >= 4 is 24.0 Å². The van der Waals surface area contributed by atoms with Gasteiger partial charge in [-0.25, -0.2) is 10.2 Å². The third kappa shape index (κ3) is 6.83. The normalized spacial score (nSPS) is 10.4. The maximum atomic E-state index is 12.6. The average Bonchev–Trinajstić information content (AvgIpc) is 2.92. The number of amides is 2. The summed E-state index contributed by atoms with van der Waals surface area (Å²) in [6.45, 7) is -0.221. The summed E-state index contributed by atoms with van der Waals surface area (Å²) in [6.07, 6.45) is 1.42. The van der Waals surface area contributed by atoms with E-state index in [1.165, 1.54) is 39.7 Å². The van der Waals surface area contributed by atoms with E-state index < -0.39 is 11.9 Å². The van der Waals surface area contributed by atoms with Crippen molar-refractivity contribution in [1.29, 1.82) is 0 Å². The second-order valence-electron chi connectivity index (χ2n) is 7.21. The lowest BCUT2D eigenvalue weighted by atomic mass is 10.2. The Morgan fingerprint density at radius 2 is 1.47 bits per heavy atom. The Hall–Kier alpha value is -4.86. The summed E-state index contributed by atoms with van der Waals surface area (Å²) in [5, 5.41) is 6.37. The molecule has 3 aromatic carbocycles. The Bertz CT molecular complexity index is 1220. The molecule has 0 aliphatic heterocycles. The highest BCUT2D eigenvalue weighted by Gasteiger charge is 2.18. The molecular weight excluding hydrogens is 466 g/mol. The van der Waals surface area contributed by atoms with E-state index in [1.54, 1.807) is 54.6 Å². The van der Waals surface area contributed by atoms with Gasteiger partial charge in [0.05, 0.1) is 39.7 Å². The first-order valence-corrected chi connectivity index (χ1v) is 10.7. The van der Waals surface area contributed by atoms with Crippen LogP contribution in [0, 0.1) is 0 Å². The third-order valence-corrected chi connectivity index (χ3v) is 4.84. The zero-order valence-corrected chi connectivity index (χ0v) is 19.9. The lowest BCUT2D eigenvalue weighted by Crippen LogP contribution is -2.34. The third-order valence-electron chi connectivity index (χ3n) is 4.84. The van der Waals surface area contributed by atoms with Gasteiger partial charge in [0.1, 0.15) is 5.75 Å². The maximum Gasteiger partial charge on any atom is 0.343 e. The predicted molar refractivity (Wildman–Crippen MR) is 132 cm³/mol. The van der Waals surface area contributed by atoms with Crippen LogP contribution in [0.2, 0.25) is 0 Å². The van der Waals surface area contributed by atoms with Crippen LogP contribution < -0.4 is 29.7 Å². The molecule has 0 heterocycles. The number of carbonyl (C=O) groups is 3. The predicted octanol–water partition coefficient (Wildman–Crippen LogP) is 2.81. The van der Waals surface area contributed by atoms with Crippen LogP contribution in [0.4, 0.5) is 0 Å². The summed E-state index contributed by atoms with van der Waals surface area (Å²) in [7, 11) is 4.38. The fourth-order valence-electron chi connectivity index (χ4n) is 3.06. The van der Waals surface area contributed by atoms with Crippen molar-refractivity contribution in [2.24, 2.45) is 5.10 Å². The van der Waals surface area contributed by atoms with E-state index in [-0.39, 0.29) is 18.0 Å². The Labute approximate surface area is 207 Å². The van der Waals surface area contributed by atoms with Gasteiger partial charge in [-0.2, -0.15) is 5.10 Å². The van der Waals surface area contributed by atoms with E-state index in [2.05, 4.69) is 15.8 Å². The van der Waals surface area contributed by atoms with Crippen molar-refractivity contribution in [1.82, 2.24) is 10.7 Å². The molecule has 3 aromatic rings. The molecule has 10 nitrogen and oxygen atoms in total. The van der Waals surface area contributed by atoms with E-state index in [0.717, 1.165) is 0 Å². The number of carbonyl (C=O) groups excluding carboxylic acids is 3. The van der Waals surface area contributed by atoms with Gasteiger partial charge in [0.15, 0.2) is 11.5 Å². The van der Waals surface area contributed by atoms with Crippen LogP contribution in [0.3, 0.4) is 0 Å². The number of hydrazone groups is 1. The minimum absolute atomic E-state index is 0.220. The molecule has 36 heavy (non-hydrogen) atoms.